The molecular formula is C20H20O2. The molecule has 0 bridgehead atoms. The molecule has 0 fully saturated rings. The monoisotopic (exact) mass is 292 g/mol. The predicted molar refractivity (Wildman–Crippen MR) is 87.8 cm³/mol. The van der Waals surface area contributed by atoms with Crippen molar-refractivity contribution in [2.45, 2.75) is 24.7 Å². The summed E-state index contributed by atoms with van der Waals surface area (Å²) in [6.07, 6.45) is 4.39. The molecule has 2 heteroatoms. The van der Waals surface area contributed by atoms with Gasteiger partial charge in [0.1, 0.15) is 12.0 Å². The topological polar surface area (TPSA) is 26.3 Å². The molecule has 3 rings (SSSR count). The minimum atomic E-state index is -0.695. The van der Waals surface area contributed by atoms with Crippen LogP contribution in [0.1, 0.15) is 29.5 Å². The normalized spacial score (nSPS) is 20.0. The van der Waals surface area contributed by atoms with E-state index in [1.807, 2.05) is 42.5 Å². The lowest BCUT2D eigenvalue weighted by Crippen LogP contribution is -2.41. The Kier molecular flexibility index (Phi) is 4.10. The molecule has 2 aromatic rings. The molecule has 1 aliphatic rings. The summed E-state index contributed by atoms with van der Waals surface area (Å²) in [7, 11) is 0. The minimum Gasteiger partial charge on any atom is -0.461 e. The summed E-state index contributed by atoms with van der Waals surface area (Å²) >= 11 is 0. The van der Waals surface area contributed by atoms with E-state index in [1.54, 1.807) is 6.08 Å². The number of rotatable bonds is 4. The molecule has 2 aromatic carbocycles. The van der Waals surface area contributed by atoms with E-state index in [9.17, 15) is 4.79 Å². The zero-order valence-corrected chi connectivity index (χ0v) is 12.6. The Hall–Kier alpha value is -2.35. The maximum atomic E-state index is 13.0. The fourth-order valence-corrected chi connectivity index (χ4v) is 3.44. The minimum absolute atomic E-state index is 0.175. The first-order chi connectivity index (χ1) is 10.8. The molecule has 0 N–H and O–H groups in total. The fourth-order valence-electron chi connectivity index (χ4n) is 3.44. The van der Waals surface area contributed by atoms with Gasteiger partial charge in [-0.3, -0.25) is 4.79 Å². The van der Waals surface area contributed by atoms with Gasteiger partial charge in [-0.2, -0.15) is 0 Å². The summed E-state index contributed by atoms with van der Waals surface area (Å²) in [6, 6.07) is 18.2. The molecule has 22 heavy (non-hydrogen) atoms. The van der Waals surface area contributed by atoms with Crippen LogP contribution in [-0.4, -0.2) is 12.6 Å². The summed E-state index contributed by atoms with van der Waals surface area (Å²) in [5.41, 5.74) is 2.64. The molecule has 0 aromatic heterocycles. The van der Waals surface area contributed by atoms with Gasteiger partial charge in [0, 0.05) is 0 Å². The zero-order valence-electron chi connectivity index (χ0n) is 12.6. The van der Waals surface area contributed by atoms with E-state index >= 15 is 0 Å². The second kappa shape index (κ2) is 6.18. The van der Waals surface area contributed by atoms with Gasteiger partial charge in [-0.05, 0) is 36.0 Å². The molecular weight excluding hydrogens is 272 g/mol. The second-order valence-corrected chi connectivity index (χ2v) is 5.67. The maximum absolute atomic E-state index is 13.0. The highest BCUT2D eigenvalue weighted by atomic mass is 16.5. The van der Waals surface area contributed by atoms with Crippen molar-refractivity contribution in [3.8, 4) is 0 Å². The van der Waals surface area contributed by atoms with Crippen molar-refractivity contribution < 1.29 is 9.53 Å². The average Bonchev–Trinajstić information content (AvgIpc) is 2.59. The Morgan fingerprint density at radius 3 is 2.64 bits per heavy atom. The van der Waals surface area contributed by atoms with Gasteiger partial charge in [-0.15, -0.1) is 0 Å². The van der Waals surface area contributed by atoms with Crippen LogP contribution < -0.4 is 0 Å². The lowest BCUT2D eigenvalue weighted by atomic mass is 9.66. The van der Waals surface area contributed by atoms with Gasteiger partial charge in [0.15, 0.2) is 0 Å². The van der Waals surface area contributed by atoms with Crippen LogP contribution in [0.4, 0.5) is 0 Å². The van der Waals surface area contributed by atoms with Crippen molar-refractivity contribution in [3.63, 3.8) is 0 Å². The molecule has 112 valence electrons. The van der Waals surface area contributed by atoms with Gasteiger partial charge < -0.3 is 4.74 Å². The van der Waals surface area contributed by atoms with Crippen LogP contribution in [0.25, 0.3) is 0 Å². The summed E-state index contributed by atoms with van der Waals surface area (Å²) in [5, 5.41) is 0. The molecule has 0 unspecified atom stereocenters. The number of carbonyl (C=O) groups is 1. The average molecular weight is 292 g/mol. The van der Waals surface area contributed by atoms with Gasteiger partial charge >= 0.3 is 5.97 Å². The molecule has 1 aliphatic carbocycles. The van der Waals surface area contributed by atoms with Crippen LogP contribution in [0.5, 0.6) is 0 Å². The van der Waals surface area contributed by atoms with E-state index < -0.39 is 5.41 Å². The Morgan fingerprint density at radius 1 is 1.14 bits per heavy atom. The van der Waals surface area contributed by atoms with Crippen molar-refractivity contribution in [1.29, 1.82) is 0 Å². The number of fused-ring (bicyclic) bond motifs is 1. The highest BCUT2D eigenvalue weighted by Gasteiger charge is 2.46. The van der Waals surface area contributed by atoms with Crippen molar-refractivity contribution in [3.05, 3.63) is 83.9 Å². The lowest BCUT2D eigenvalue weighted by molar-refractivity contribution is -0.148. The van der Waals surface area contributed by atoms with Crippen molar-refractivity contribution in [2.75, 3.05) is 6.61 Å². The molecule has 0 amide bonds. The lowest BCUT2D eigenvalue weighted by Gasteiger charge is -2.37. The van der Waals surface area contributed by atoms with Crippen LogP contribution in [0, 0.1) is 0 Å². The Balaban J connectivity index is 2.17. The Bertz CT molecular complexity index is 675. The van der Waals surface area contributed by atoms with Gasteiger partial charge in [0.25, 0.3) is 0 Å². The summed E-state index contributed by atoms with van der Waals surface area (Å²) in [4.78, 5) is 13.0. The van der Waals surface area contributed by atoms with Gasteiger partial charge in [0.05, 0.1) is 0 Å². The molecule has 0 spiro atoms. The van der Waals surface area contributed by atoms with Crippen LogP contribution in [0.15, 0.2) is 67.3 Å². The quantitative estimate of drug-likeness (QED) is 0.628. The zero-order chi connectivity index (χ0) is 15.4. The van der Waals surface area contributed by atoms with Crippen LogP contribution >= 0.6 is 0 Å². The van der Waals surface area contributed by atoms with E-state index in [-0.39, 0.29) is 12.6 Å². The fraction of sp³-hybridized carbons (Fsp3) is 0.250. The predicted octanol–water partition coefficient (Wildman–Crippen LogP) is 4.04. The first-order valence-corrected chi connectivity index (χ1v) is 7.71. The number of ether oxygens (including phenoxy) is 1. The molecule has 1 atom stereocenters. The number of benzene rings is 2. The number of esters is 1. The van der Waals surface area contributed by atoms with Gasteiger partial charge in [-0.25, -0.2) is 0 Å². The van der Waals surface area contributed by atoms with Crippen molar-refractivity contribution in [2.24, 2.45) is 0 Å². The van der Waals surface area contributed by atoms with E-state index in [4.69, 9.17) is 4.74 Å². The highest BCUT2D eigenvalue weighted by Crippen LogP contribution is 2.43. The smallest absolute Gasteiger partial charge is 0.321 e. The first kappa shape index (κ1) is 14.6. The van der Waals surface area contributed by atoms with Crippen LogP contribution in [-0.2, 0) is 21.4 Å². The standard InChI is InChI=1S/C20H20O2/c1-2-15-22-19(21)20(17-11-4-3-5-12-17)14-8-10-16-9-6-7-13-18(16)20/h2-7,9,11-13H,1,8,10,14-15H2/t20-/m1/s1. The Labute approximate surface area is 131 Å². The van der Waals surface area contributed by atoms with Crippen molar-refractivity contribution >= 4 is 5.97 Å². The summed E-state index contributed by atoms with van der Waals surface area (Å²) in [5.74, 6) is -0.175. The molecule has 0 aliphatic heterocycles. The van der Waals surface area contributed by atoms with E-state index in [1.165, 1.54) is 5.56 Å². The number of hydrogen-bond donors (Lipinski definition) is 0. The van der Waals surface area contributed by atoms with E-state index in [0.29, 0.717) is 0 Å². The number of carbonyl (C=O) groups excluding carboxylic acids is 1. The van der Waals surface area contributed by atoms with E-state index in [0.717, 1.165) is 30.4 Å². The molecule has 0 radical (unpaired) electrons. The summed E-state index contributed by atoms with van der Waals surface area (Å²) < 4.78 is 5.49. The van der Waals surface area contributed by atoms with Crippen LogP contribution in [0.2, 0.25) is 0 Å². The highest BCUT2D eigenvalue weighted by molar-refractivity contribution is 5.88. The third-order valence-corrected chi connectivity index (χ3v) is 4.42. The first-order valence-electron chi connectivity index (χ1n) is 7.71. The number of hydrogen-bond acceptors (Lipinski definition) is 2. The van der Waals surface area contributed by atoms with Crippen molar-refractivity contribution in [1.82, 2.24) is 0 Å². The molecule has 2 nitrogen and oxygen atoms in total. The molecule has 0 saturated carbocycles. The third-order valence-electron chi connectivity index (χ3n) is 4.42. The largest absolute Gasteiger partial charge is 0.461 e. The number of aryl methyl sites for hydroxylation is 1. The second-order valence-electron chi connectivity index (χ2n) is 5.67. The maximum Gasteiger partial charge on any atom is 0.321 e. The summed E-state index contributed by atoms with van der Waals surface area (Å²) in [6.45, 7) is 3.89. The molecule has 0 saturated heterocycles. The molecule has 0 heterocycles. The Morgan fingerprint density at radius 2 is 1.86 bits per heavy atom. The van der Waals surface area contributed by atoms with Gasteiger partial charge in [-0.1, -0.05) is 67.3 Å². The van der Waals surface area contributed by atoms with Crippen LogP contribution in [0.3, 0.4) is 0 Å². The SMILES string of the molecule is C=CCOC(=O)[C@@]1(c2ccccc2)CCCc2ccccc21. The van der Waals surface area contributed by atoms with Gasteiger partial charge in [0.2, 0.25) is 0 Å². The third kappa shape index (κ3) is 2.35. The van der Waals surface area contributed by atoms with E-state index in [2.05, 4.69) is 18.7 Å².